The molecule has 1 amide bonds. The molecule has 1 fully saturated rings. The van der Waals surface area contributed by atoms with Gasteiger partial charge in [0, 0.05) is 6.54 Å². The summed E-state index contributed by atoms with van der Waals surface area (Å²) in [7, 11) is 0. The van der Waals surface area contributed by atoms with Crippen molar-refractivity contribution >= 4 is 34.8 Å². The lowest BCUT2D eigenvalue weighted by atomic mass is 9.97. The van der Waals surface area contributed by atoms with Crippen LogP contribution in [0.5, 0.6) is 0 Å². The highest BCUT2D eigenvalue weighted by atomic mass is 35.5. The average molecular weight is 275 g/mol. The number of aromatic nitrogens is 2. The highest BCUT2D eigenvalue weighted by molar-refractivity contribution is 6.38. The number of rotatable bonds is 2. The molecular weight excluding hydrogens is 263 g/mol. The number of hydrogen-bond donors (Lipinski definition) is 2. The van der Waals surface area contributed by atoms with E-state index in [2.05, 4.69) is 20.6 Å². The first kappa shape index (κ1) is 12.5. The Labute approximate surface area is 109 Å². The molecule has 0 spiro atoms. The molecule has 0 bridgehead atoms. The van der Waals surface area contributed by atoms with E-state index in [9.17, 15) is 4.79 Å². The van der Waals surface area contributed by atoms with Crippen molar-refractivity contribution in [3.8, 4) is 0 Å². The second-order valence-electron chi connectivity index (χ2n) is 4.06. The molecule has 5 nitrogen and oxygen atoms in total. The Balaban J connectivity index is 2.13. The number of carbonyl (C=O) groups is 1. The Morgan fingerprint density at radius 1 is 1.41 bits per heavy atom. The van der Waals surface area contributed by atoms with Crippen LogP contribution < -0.4 is 10.6 Å². The molecule has 1 aromatic rings. The molecule has 2 heterocycles. The molecule has 0 aromatic carbocycles. The molecule has 1 aromatic heterocycles. The van der Waals surface area contributed by atoms with Crippen molar-refractivity contribution in [1.29, 1.82) is 0 Å². The zero-order valence-corrected chi connectivity index (χ0v) is 10.7. The van der Waals surface area contributed by atoms with Gasteiger partial charge >= 0.3 is 0 Å². The van der Waals surface area contributed by atoms with Crippen molar-refractivity contribution in [1.82, 2.24) is 15.3 Å². The summed E-state index contributed by atoms with van der Waals surface area (Å²) >= 11 is 11.7. The monoisotopic (exact) mass is 274 g/mol. The molecule has 2 unspecified atom stereocenters. The molecule has 0 radical (unpaired) electrons. The minimum Gasteiger partial charge on any atom is -0.321 e. The summed E-state index contributed by atoms with van der Waals surface area (Å²) in [6.45, 7) is 3.52. The van der Waals surface area contributed by atoms with Gasteiger partial charge < -0.3 is 10.6 Å². The Morgan fingerprint density at radius 2 is 2.06 bits per heavy atom. The normalized spacial score (nSPS) is 23.7. The zero-order chi connectivity index (χ0) is 12.4. The maximum absolute atomic E-state index is 12.0. The van der Waals surface area contributed by atoms with Crippen LogP contribution in [0.15, 0.2) is 6.33 Å². The summed E-state index contributed by atoms with van der Waals surface area (Å²) in [5.74, 6) is 0.0978. The lowest BCUT2D eigenvalue weighted by Crippen LogP contribution is -2.28. The van der Waals surface area contributed by atoms with Gasteiger partial charge in [-0.05, 0) is 12.5 Å². The molecule has 2 rings (SSSR count). The molecule has 2 N–H and O–H groups in total. The first-order chi connectivity index (χ1) is 8.09. The lowest BCUT2D eigenvalue weighted by molar-refractivity contribution is -0.120. The number of amides is 1. The number of anilines is 1. The van der Waals surface area contributed by atoms with Crippen molar-refractivity contribution in [2.45, 2.75) is 6.92 Å². The van der Waals surface area contributed by atoms with Gasteiger partial charge in [-0.25, -0.2) is 9.97 Å². The summed E-state index contributed by atoms with van der Waals surface area (Å²) < 4.78 is 0. The predicted octanol–water partition coefficient (Wildman–Crippen LogP) is 1.58. The molecule has 7 heteroatoms. The van der Waals surface area contributed by atoms with E-state index in [4.69, 9.17) is 23.2 Å². The minimum atomic E-state index is -0.110. The van der Waals surface area contributed by atoms with Crippen LogP contribution in [0.4, 0.5) is 5.69 Å². The second-order valence-corrected chi connectivity index (χ2v) is 4.78. The summed E-state index contributed by atoms with van der Waals surface area (Å²) in [6.07, 6.45) is 1.25. The summed E-state index contributed by atoms with van der Waals surface area (Å²) in [5.41, 5.74) is 0.278. The first-order valence-corrected chi connectivity index (χ1v) is 6.02. The van der Waals surface area contributed by atoms with Crippen LogP contribution in [0.2, 0.25) is 10.3 Å². The standard InChI is InChI=1S/C10H12Cl2N4O/c1-5-2-13-3-6(5)10(17)16-7-8(11)14-4-15-9(7)12/h4-6,13H,2-3H2,1H3,(H,16,17). The van der Waals surface area contributed by atoms with Gasteiger partial charge in [0.2, 0.25) is 5.91 Å². The van der Waals surface area contributed by atoms with Gasteiger partial charge in [-0.3, -0.25) is 4.79 Å². The van der Waals surface area contributed by atoms with Crippen molar-refractivity contribution < 1.29 is 4.79 Å². The third-order valence-electron chi connectivity index (χ3n) is 2.86. The van der Waals surface area contributed by atoms with Gasteiger partial charge in [-0.15, -0.1) is 0 Å². The third-order valence-corrected chi connectivity index (χ3v) is 3.43. The second kappa shape index (κ2) is 5.16. The van der Waals surface area contributed by atoms with E-state index < -0.39 is 0 Å². The van der Waals surface area contributed by atoms with Crippen LogP contribution >= 0.6 is 23.2 Å². The Bertz CT molecular complexity index is 420. The molecule has 1 aliphatic rings. The van der Waals surface area contributed by atoms with Crippen LogP contribution in [0, 0.1) is 11.8 Å². The number of carbonyl (C=O) groups excluding carboxylic acids is 1. The molecule has 92 valence electrons. The van der Waals surface area contributed by atoms with Crippen molar-refractivity contribution in [3.63, 3.8) is 0 Å². The quantitative estimate of drug-likeness (QED) is 0.804. The van der Waals surface area contributed by atoms with Crippen LogP contribution in [0.3, 0.4) is 0 Å². The van der Waals surface area contributed by atoms with Crippen LogP contribution in [0.25, 0.3) is 0 Å². The molecule has 2 atom stereocenters. The highest BCUT2D eigenvalue weighted by Crippen LogP contribution is 2.27. The summed E-state index contributed by atoms with van der Waals surface area (Å²) in [6, 6.07) is 0. The van der Waals surface area contributed by atoms with E-state index in [1.165, 1.54) is 6.33 Å². The lowest BCUT2D eigenvalue weighted by Gasteiger charge is -2.14. The Hall–Kier alpha value is -0.910. The van der Waals surface area contributed by atoms with E-state index in [1.54, 1.807) is 0 Å². The number of halogens is 2. The average Bonchev–Trinajstić information content (AvgIpc) is 2.70. The van der Waals surface area contributed by atoms with Crippen molar-refractivity contribution in [3.05, 3.63) is 16.6 Å². The van der Waals surface area contributed by atoms with Crippen LogP contribution in [-0.2, 0) is 4.79 Å². The maximum atomic E-state index is 12.0. The molecular formula is C10H12Cl2N4O. The molecule has 1 aliphatic heterocycles. The van der Waals surface area contributed by atoms with E-state index in [-0.39, 0.29) is 33.7 Å². The highest BCUT2D eigenvalue weighted by Gasteiger charge is 2.30. The largest absolute Gasteiger partial charge is 0.321 e. The van der Waals surface area contributed by atoms with Crippen LogP contribution in [-0.4, -0.2) is 29.0 Å². The number of nitrogens with zero attached hydrogens (tertiary/aromatic N) is 2. The fourth-order valence-corrected chi connectivity index (χ4v) is 2.23. The molecule has 1 saturated heterocycles. The molecule has 17 heavy (non-hydrogen) atoms. The smallest absolute Gasteiger partial charge is 0.229 e. The summed E-state index contributed by atoms with van der Waals surface area (Å²) in [5, 5.41) is 6.14. The van der Waals surface area contributed by atoms with Gasteiger partial charge in [0.05, 0.1) is 5.92 Å². The zero-order valence-electron chi connectivity index (χ0n) is 9.20. The number of nitrogens with one attached hydrogen (secondary N) is 2. The van der Waals surface area contributed by atoms with Gasteiger partial charge in [-0.2, -0.15) is 0 Å². The van der Waals surface area contributed by atoms with Gasteiger partial charge in [0.25, 0.3) is 0 Å². The Morgan fingerprint density at radius 3 is 2.59 bits per heavy atom. The van der Waals surface area contributed by atoms with Crippen molar-refractivity contribution in [2.75, 3.05) is 18.4 Å². The minimum absolute atomic E-state index is 0.0812. The third kappa shape index (κ3) is 2.68. The van der Waals surface area contributed by atoms with Gasteiger partial charge in [0.1, 0.15) is 12.0 Å². The maximum Gasteiger partial charge on any atom is 0.229 e. The predicted molar refractivity (Wildman–Crippen MR) is 66.2 cm³/mol. The van der Waals surface area contributed by atoms with E-state index >= 15 is 0 Å². The molecule has 0 aliphatic carbocycles. The van der Waals surface area contributed by atoms with Gasteiger partial charge in [-0.1, -0.05) is 30.1 Å². The van der Waals surface area contributed by atoms with E-state index in [0.717, 1.165) is 6.54 Å². The molecule has 0 saturated carbocycles. The van der Waals surface area contributed by atoms with Crippen LogP contribution in [0.1, 0.15) is 6.92 Å². The fraction of sp³-hybridized carbons (Fsp3) is 0.500. The SMILES string of the molecule is CC1CNCC1C(=O)Nc1c(Cl)ncnc1Cl. The summed E-state index contributed by atoms with van der Waals surface area (Å²) in [4.78, 5) is 19.6. The fourth-order valence-electron chi connectivity index (χ4n) is 1.82. The van der Waals surface area contributed by atoms with E-state index in [1.807, 2.05) is 6.92 Å². The van der Waals surface area contributed by atoms with Crippen molar-refractivity contribution in [2.24, 2.45) is 11.8 Å². The van der Waals surface area contributed by atoms with Gasteiger partial charge in [0.15, 0.2) is 10.3 Å². The van der Waals surface area contributed by atoms with E-state index in [0.29, 0.717) is 6.54 Å². The Kier molecular flexibility index (Phi) is 3.81. The first-order valence-electron chi connectivity index (χ1n) is 5.27. The topological polar surface area (TPSA) is 66.9 Å². The number of hydrogen-bond acceptors (Lipinski definition) is 4.